The number of ether oxygens (including phenoxy) is 1. The molecule has 6 nitrogen and oxygen atoms in total. The Morgan fingerprint density at radius 1 is 1.14 bits per heavy atom. The highest BCUT2D eigenvalue weighted by Crippen LogP contribution is 2.39. The van der Waals surface area contributed by atoms with Gasteiger partial charge in [0.15, 0.2) is 5.96 Å². The van der Waals surface area contributed by atoms with E-state index < -0.39 is 5.91 Å². The van der Waals surface area contributed by atoms with Gasteiger partial charge >= 0.3 is 0 Å². The number of carbonyl (C=O) groups is 1. The Labute approximate surface area is 197 Å². The Balaban J connectivity index is 0.00000392. The fourth-order valence-corrected chi connectivity index (χ4v) is 3.91. The van der Waals surface area contributed by atoms with Crippen molar-refractivity contribution in [1.29, 1.82) is 0 Å². The van der Waals surface area contributed by atoms with Crippen molar-refractivity contribution in [2.24, 2.45) is 16.5 Å². The normalized spacial score (nSPS) is 10.1. The summed E-state index contributed by atoms with van der Waals surface area (Å²) < 4.78 is 6.93. The van der Waals surface area contributed by atoms with E-state index in [0.717, 1.165) is 24.9 Å². The molecule has 0 aliphatic rings. The van der Waals surface area contributed by atoms with Crippen LogP contribution in [0.3, 0.4) is 0 Å². The first kappa shape index (κ1) is 27.8. The van der Waals surface area contributed by atoms with E-state index >= 15 is 0 Å². The molecule has 4 N–H and O–H groups in total. The molecule has 0 radical (unpaired) electrons. The number of rotatable bonds is 8. The lowest BCUT2D eigenvalue weighted by Gasteiger charge is -2.12. The van der Waals surface area contributed by atoms with E-state index in [1.54, 1.807) is 18.2 Å². The molecule has 0 aliphatic heterocycles. The van der Waals surface area contributed by atoms with Gasteiger partial charge < -0.3 is 21.1 Å². The highest BCUT2D eigenvalue weighted by molar-refractivity contribution is 7.20. The van der Waals surface area contributed by atoms with Crippen molar-refractivity contribution in [3.63, 3.8) is 0 Å². The predicted octanol–water partition coefficient (Wildman–Crippen LogP) is 4.70. The molecule has 0 bridgehead atoms. The number of benzene rings is 1. The number of hydrogen-bond donors (Lipinski definition) is 2. The Morgan fingerprint density at radius 2 is 1.83 bits per heavy atom. The van der Waals surface area contributed by atoms with E-state index in [4.69, 9.17) is 39.4 Å². The molecule has 1 aromatic heterocycles. The molecule has 0 atom stereocenters. The first-order chi connectivity index (χ1) is 12.8. The lowest BCUT2D eigenvalue weighted by Crippen LogP contribution is -2.24. The zero-order valence-electron chi connectivity index (χ0n) is 16.0. The smallest absolute Gasteiger partial charge is 0.280 e. The summed E-state index contributed by atoms with van der Waals surface area (Å²) >= 11 is 13.6. The van der Waals surface area contributed by atoms with Crippen molar-refractivity contribution in [2.75, 3.05) is 27.2 Å². The van der Waals surface area contributed by atoms with E-state index in [1.807, 2.05) is 20.2 Å². The van der Waals surface area contributed by atoms with Gasteiger partial charge in [-0.3, -0.25) is 4.79 Å². The van der Waals surface area contributed by atoms with E-state index in [9.17, 15) is 4.79 Å². The van der Waals surface area contributed by atoms with Crippen molar-refractivity contribution in [3.8, 4) is 16.9 Å². The van der Waals surface area contributed by atoms with Crippen molar-refractivity contribution in [1.82, 2.24) is 4.90 Å². The maximum Gasteiger partial charge on any atom is 0.280 e. The number of amides is 1. The van der Waals surface area contributed by atoms with Crippen LogP contribution in [-0.4, -0.2) is 44.0 Å². The monoisotopic (exact) mass is 500 g/mol. The van der Waals surface area contributed by atoms with Gasteiger partial charge in [-0.1, -0.05) is 23.2 Å². The van der Waals surface area contributed by atoms with Crippen LogP contribution in [0, 0.1) is 0 Å². The van der Waals surface area contributed by atoms with Crippen LogP contribution in [0.15, 0.2) is 29.3 Å². The minimum absolute atomic E-state index is 0. The van der Waals surface area contributed by atoms with Crippen molar-refractivity contribution < 1.29 is 9.53 Å². The van der Waals surface area contributed by atoms with Gasteiger partial charge in [0.25, 0.3) is 5.91 Å². The lowest BCUT2D eigenvalue weighted by atomic mass is 10.0. The van der Waals surface area contributed by atoms with Crippen LogP contribution in [0.2, 0.25) is 8.67 Å². The molecule has 0 aliphatic carbocycles. The van der Waals surface area contributed by atoms with Gasteiger partial charge in [-0.15, -0.1) is 36.2 Å². The first-order valence-electron chi connectivity index (χ1n) is 8.28. The fourth-order valence-electron chi connectivity index (χ4n) is 2.40. The number of hydrogen-bond acceptors (Lipinski definition) is 4. The quantitative estimate of drug-likeness (QED) is 0.310. The molecule has 0 saturated heterocycles. The van der Waals surface area contributed by atoms with Gasteiger partial charge in [-0.2, -0.15) is 4.99 Å². The van der Waals surface area contributed by atoms with Crippen molar-refractivity contribution in [2.45, 2.75) is 12.8 Å². The highest BCUT2D eigenvalue weighted by atomic mass is 35.5. The third-order valence-electron chi connectivity index (χ3n) is 3.62. The van der Waals surface area contributed by atoms with Crippen LogP contribution >= 0.6 is 59.4 Å². The second-order valence-corrected chi connectivity index (χ2v) is 8.47. The Kier molecular flexibility index (Phi) is 12.6. The molecule has 0 spiro atoms. The average molecular weight is 502 g/mol. The first-order valence-corrected chi connectivity index (χ1v) is 9.85. The standard InChI is InChI=1S/C18H22Cl2N4O2S.2ClH/c1-24(2)5-3-4-6-26-13-8-11(14-10-15(19)27-16(14)20)7-12(9-13)17(25)23-18(21)22;;/h7-10H,3-6H2,1-2H3,(H4,21,22,23,25);2*1H. The topological polar surface area (TPSA) is 93.9 Å². The summed E-state index contributed by atoms with van der Waals surface area (Å²) in [7, 11) is 4.06. The zero-order valence-corrected chi connectivity index (χ0v) is 19.9. The second-order valence-electron chi connectivity index (χ2n) is 6.18. The predicted molar refractivity (Wildman–Crippen MR) is 128 cm³/mol. The number of unbranched alkanes of at least 4 members (excludes halogenated alkanes) is 1. The van der Waals surface area contributed by atoms with Crippen molar-refractivity contribution in [3.05, 3.63) is 38.5 Å². The number of aliphatic imine (C=N–C) groups is 1. The Hall–Kier alpha value is -1.22. The summed E-state index contributed by atoms with van der Waals surface area (Å²) in [5.74, 6) is -0.301. The molecule has 0 saturated carbocycles. The number of halogens is 4. The van der Waals surface area contributed by atoms with Gasteiger partial charge in [0.2, 0.25) is 0 Å². The molecule has 0 unspecified atom stereocenters. The summed E-state index contributed by atoms with van der Waals surface area (Å²) in [5, 5.41) is 0. The van der Waals surface area contributed by atoms with Crippen LogP contribution in [-0.2, 0) is 0 Å². The van der Waals surface area contributed by atoms with Gasteiger partial charge in [0.05, 0.1) is 10.9 Å². The lowest BCUT2D eigenvalue weighted by molar-refractivity contribution is 0.100. The maximum atomic E-state index is 12.3. The number of thiophene rings is 1. The van der Waals surface area contributed by atoms with Crippen LogP contribution in [0.5, 0.6) is 5.75 Å². The fraction of sp³-hybridized carbons (Fsp3) is 0.333. The molecular weight excluding hydrogens is 478 g/mol. The third kappa shape index (κ3) is 8.99. The van der Waals surface area contributed by atoms with E-state index in [-0.39, 0.29) is 30.8 Å². The number of nitrogens with two attached hydrogens (primary N) is 2. The van der Waals surface area contributed by atoms with Gasteiger partial charge in [-0.25, -0.2) is 0 Å². The van der Waals surface area contributed by atoms with Gasteiger partial charge in [0.1, 0.15) is 10.1 Å². The van der Waals surface area contributed by atoms with E-state index in [2.05, 4.69) is 9.89 Å². The SMILES string of the molecule is CN(C)CCCCOc1cc(C(=O)N=C(N)N)cc(-c2cc(Cl)sc2Cl)c1.Cl.Cl. The highest BCUT2D eigenvalue weighted by Gasteiger charge is 2.14. The third-order valence-corrected chi connectivity index (χ3v) is 5.11. The van der Waals surface area contributed by atoms with Crippen molar-refractivity contribution >= 4 is 71.2 Å². The van der Waals surface area contributed by atoms with E-state index in [0.29, 0.717) is 32.2 Å². The zero-order chi connectivity index (χ0) is 20.0. The number of guanidine groups is 1. The summed E-state index contributed by atoms with van der Waals surface area (Å²) in [6, 6.07) is 6.85. The second kappa shape index (κ2) is 13.2. The molecule has 2 rings (SSSR count). The molecule has 162 valence electrons. The largest absolute Gasteiger partial charge is 0.494 e. The minimum Gasteiger partial charge on any atom is -0.494 e. The Bertz CT molecular complexity index is 839. The van der Waals surface area contributed by atoms with Gasteiger partial charge in [-0.05, 0) is 63.3 Å². The Morgan fingerprint density at radius 3 is 2.38 bits per heavy atom. The summed E-state index contributed by atoms with van der Waals surface area (Å²) in [4.78, 5) is 18.0. The molecule has 1 amide bonds. The number of nitrogens with zero attached hydrogens (tertiary/aromatic N) is 2. The summed E-state index contributed by atoms with van der Waals surface area (Å²) in [5.41, 5.74) is 12.4. The van der Waals surface area contributed by atoms with E-state index in [1.165, 1.54) is 11.3 Å². The summed E-state index contributed by atoms with van der Waals surface area (Å²) in [6.07, 6.45) is 1.91. The van der Waals surface area contributed by atoms with Crippen LogP contribution in [0.4, 0.5) is 0 Å². The average Bonchev–Trinajstić information content (AvgIpc) is 2.92. The number of carbonyl (C=O) groups excluding carboxylic acids is 1. The molecule has 29 heavy (non-hydrogen) atoms. The molecule has 0 fully saturated rings. The maximum absolute atomic E-state index is 12.3. The molecule has 1 heterocycles. The van der Waals surface area contributed by atoms with Crippen LogP contribution in [0.25, 0.3) is 11.1 Å². The summed E-state index contributed by atoms with van der Waals surface area (Å²) in [6.45, 7) is 1.52. The minimum atomic E-state index is -0.549. The van der Waals surface area contributed by atoms with Gasteiger partial charge in [0, 0.05) is 11.1 Å². The molecule has 11 heteroatoms. The molecular formula is C18H24Cl4N4O2S. The van der Waals surface area contributed by atoms with Crippen LogP contribution in [0.1, 0.15) is 23.2 Å². The molecule has 1 aromatic carbocycles. The molecule has 2 aromatic rings. The van der Waals surface area contributed by atoms with Crippen LogP contribution < -0.4 is 16.2 Å².